The summed E-state index contributed by atoms with van der Waals surface area (Å²) in [5, 5.41) is 5.52. The minimum absolute atomic E-state index is 0.0848. The first-order valence-corrected chi connectivity index (χ1v) is 10.0. The van der Waals surface area contributed by atoms with Gasteiger partial charge in [0.2, 0.25) is 0 Å². The van der Waals surface area contributed by atoms with Gasteiger partial charge in [-0.25, -0.2) is 0 Å². The molecule has 0 aliphatic heterocycles. The van der Waals surface area contributed by atoms with Gasteiger partial charge in [0.25, 0.3) is 11.8 Å². The third kappa shape index (κ3) is 7.64. The SMILES string of the molecule is CC(=O)OCC(=O)NC1C=CC(Oc2ccc(NC(=O)COc3ccccc3)cc2)=CC1. The number of para-hydroxylation sites is 1. The Morgan fingerprint density at radius 1 is 0.938 bits per heavy atom. The predicted molar refractivity (Wildman–Crippen MR) is 118 cm³/mol. The summed E-state index contributed by atoms with van der Waals surface area (Å²) in [7, 11) is 0. The number of rotatable bonds is 9. The minimum atomic E-state index is -0.499. The van der Waals surface area contributed by atoms with Crippen LogP contribution in [0.1, 0.15) is 13.3 Å². The van der Waals surface area contributed by atoms with Crippen molar-refractivity contribution in [3.8, 4) is 11.5 Å². The maximum Gasteiger partial charge on any atom is 0.303 e. The number of amides is 2. The summed E-state index contributed by atoms with van der Waals surface area (Å²) in [6, 6.07) is 15.9. The van der Waals surface area contributed by atoms with E-state index in [2.05, 4.69) is 15.4 Å². The molecule has 0 radical (unpaired) electrons. The van der Waals surface area contributed by atoms with Gasteiger partial charge in [0.05, 0.1) is 6.04 Å². The van der Waals surface area contributed by atoms with Gasteiger partial charge in [0, 0.05) is 12.6 Å². The molecule has 8 nitrogen and oxygen atoms in total. The second-order valence-electron chi connectivity index (χ2n) is 6.93. The van der Waals surface area contributed by atoms with E-state index in [9.17, 15) is 14.4 Å². The fourth-order valence-electron chi connectivity index (χ4n) is 2.80. The first-order valence-electron chi connectivity index (χ1n) is 10.0. The molecule has 1 unspecified atom stereocenters. The molecule has 32 heavy (non-hydrogen) atoms. The van der Waals surface area contributed by atoms with E-state index in [0.717, 1.165) is 0 Å². The molecular weight excluding hydrogens is 412 g/mol. The molecule has 0 bridgehead atoms. The predicted octanol–water partition coefficient (Wildman–Crippen LogP) is 2.97. The maximum absolute atomic E-state index is 12.0. The van der Waals surface area contributed by atoms with Gasteiger partial charge in [-0.05, 0) is 55.0 Å². The van der Waals surface area contributed by atoms with Crippen molar-refractivity contribution in [1.29, 1.82) is 0 Å². The third-order valence-electron chi connectivity index (χ3n) is 4.31. The van der Waals surface area contributed by atoms with E-state index in [4.69, 9.17) is 9.47 Å². The number of hydrogen-bond donors (Lipinski definition) is 2. The van der Waals surface area contributed by atoms with E-state index >= 15 is 0 Å². The summed E-state index contributed by atoms with van der Waals surface area (Å²) < 4.78 is 15.9. The van der Waals surface area contributed by atoms with Gasteiger partial charge in [-0.3, -0.25) is 14.4 Å². The second kappa shape index (κ2) is 11.4. The summed E-state index contributed by atoms with van der Waals surface area (Å²) in [6.45, 7) is 0.869. The average molecular weight is 436 g/mol. The Hall–Kier alpha value is -4.07. The molecule has 2 aromatic rings. The van der Waals surface area contributed by atoms with E-state index in [-0.39, 0.29) is 31.1 Å². The molecule has 3 rings (SSSR count). The van der Waals surface area contributed by atoms with E-state index in [1.165, 1.54) is 6.92 Å². The van der Waals surface area contributed by atoms with Gasteiger partial charge in [-0.15, -0.1) is 0 Å². The van der Waals surface area contributed by atoms with E-state index in [1.807, 2.05) is 30.4 Å². The van der Waals surface area contributed by atoms with E-state index < -0.39 is 5.97 Å². The molecule has 8 heteroatoms. The Bertz CT molecular complexity index is 999. The van der Waals surface area contributed by atoms with Crippen molar-refractivity contribution >= 4 is 23.5 Å². The molecule has 0 heterocycles. The fourth-order valence-corrected chi connectivity index (χ4v) is 2.80. The van der Waals surface area contributed by atoms with Crippen molar-refractivity contribution in [3.05, 3.63) is 78.6 Å². The zero-order valence-corrected chi connectivity index (χ0v) is 17.6. The van der Waals surface area contributed by atoms with Crippen LogP contribution < -0.4 is 20.1 Å². The highest BCUT2D eigenvalue weighted by molar-refractivity contribution is 5.91. The third-order valence-corrected chi connectivity index (χ3v) is 4.31. The van der Waals surface area contributed by atoms with Gasteiger partial charge >= 0.3 is 5.97 Å². The number of hydrogen-bond acceptors (Lipinski definition) is 6. The van der Waals surface area contributed by atoms with Gasteiger partial charge in [0.1, 0.15) is 17.3 Å². The van der Waals surface area contributed by atoms with Crippen molar-refractivity contribution in [2.75, 3.05) is 18.5 Å². The number of nitrogens with one attached hydrogen (secondary N) is 2. The summed E-state index contributed by atoms with van der Waals surface area (Å²) in [6.07, 6.45) is 5.97. The number of ether oxygens (including phenoxy) is 3. The van der Waals surface area contributed by atoms with E-state index in [0.29, 0.717) is 29.4 Å². The summed E-state index contributed by atoms with van der Waals surface area (Å²) >= 11 is 0. The van der Waals surface area contributed by atoms with Crippen LogP contribution in [0.5, 0.6) is 11.5 Å². The first-order chi connectivity index (χ1) is 15.5. The Morgan fingerprint density at radius 2 is 1.69 bits per heavy atom. The van der Waals surface area contributed by atoms with Crippen molar-refractivity contribution in [2.45, 2.75) is 19.4 Å². The van der Waals surface area contributed by atoms with Crippen molar-refractivity contribution in [2.24, 2.45) is 0 Å². The highest BCUT2D eigenvalue weighted by Gasteiger charge is 2.14. The van der Waals surface area contributed by atoms with Crippen LogP contribution in [-0.4, -0.2) is 37.0 Å². The number of esters is 1. The molecule has 1 atom stereocenters. The number of anilines is 1. The van der Waals surface area contributed by atoms with Crippen LogP contribution in [0.3, 0.4) is 0 Å². The van der Waals surface area contributed by atoms with Gasteiger partial charge in [-0.1, -0.05) is 24.3 Å². The normalized spacial score (nSPS) is 14.7. The van der Waals surface area contributed by atoms with Gasteiger partial charge < -0.3 is 24.8 Å². The maximum atomic E-state index is 12.0. The lowest BCUT2D eigenvalue weighted by atomic mass is 10.1. The van der Waals surface area contributed by atoms with Crippen molar-refractivity contribution in [1.82, 2.24) is 5.32 Å². The topological polar surface area (TPSA) is 103 Å². The van der Waals surface area contributed by atoms with Crippen LogP contribution in [0.2, 0.25) is 0 Å². The van der Waals surface area contributed by atoms with Gasteiger partial charge in [-0.2, -0.15) is 0 Å². The largest absolute Gasteiger partial charge is 0.484 e. The van der Waals surface area contributed by atoms with Crippen LogP contribution in [0.4, 0.5) is 5.69 Å². The lowest BCUT2D eigenvalue weighted by Crippen LogP contribution is -2.36. The Kier molecular flexibility index (Phi) is 8.02. The molecule has 2 amide bonds. The molecule has 1 aliphatic carbocycles. The molecule has 0 saturated carbocycles. The van der Waals surface area contributed by atoms with E-state index in [1.54, 1.807) is 42.5 Å². The average Bonchev–Trinajstić information content (AvgIpc) is 2.80. The number of carbonyl (C=O) groups excluding carboxylic acids is 3. The molecule has 1 aliphatic rings. The molecule has 0 fully saturated rings. The lowest BCUT2D eigenvalue weighted by Gasteiger charge is -2.18. The van der Waals surface area contributed by atoms with Crippen LogP contribution in [-0.2, 0) is 19.1 Å². The van der Waals surface area contributed by atoms with Gasteiger partial charge in [0.15, 0.2) is 13.2 Å². The Balaban J connectivity index is 1.41. The zero-order valence-electron chi connectivity index (χ0n) is 17.6. The number of carbonyl (C=O) groups is 3. The lowest BCUT2D eigenvalue weighted by molar-refractivity contribution is -0.146. The molecule has 0 saturated heterocycles. The standard InChI is InChI=1S/C24H24N2O6/c1-17(27)30-15-23(28)25-18-7-11-21(12-8-18)32-22-13-9-19(10-14-22)26-24(29)16-31-20-5-3-2-4-6-20/h2-7,9-14,18H,8,15-16H2,1H3,(H,25,28)(H,26,29). The Labute approximate surface area is 185 Å². The van der Waals surface area contributed by atoms with Crippen LogP contribution >= 0.6 is 0 Å². The Morgan fingerprint density at radius 3 is 2.34 bits per heavy atom. The minimum Gasteiger partial charge on any atom is -0.484 e. The monoisotopic (exact) mass is 436 g/mol. The fraction of sp³-hybridized carbons (Fsp3) is 0.208. The quantitative estimate of drug-likeness (QED) is 0.586. The van der Waals surface area contributed by atoms with Crippen molar-refractivity contribution < 1.29 is 28.6 Å². The van der Waals surface area contributed by atoms with Crippen LogP contribution in [0.25, 0.3) is 0 Å². The van der Waals surface area contributed by atoms with Crippen LogP contribution in [0, 0.1) is 0 Å². The number of allylic oxidation sites excluding steroid dienone is 1. The zero-order chi connectivity index (χ0) is 22.8. The first kappa shape index (κ1) is 22.6. The summed E-state index contributed by atoms with van der Waals surface area (Å²) in [4.78, 5) is 34.5. The highest BCUT2D eigenvalue weighted by Crippen LogP contribution is 2.20. The molecule has 0 spiro atoms. The number of benzene rings is 2. The molecule has 2 aromatic carbocycles. The molecule has 2 N–H and O–H groups in total. The molecule has 0 aromatic heterocycles. The summed E-state index contributed by atoms with van der Waals surface area (Å²) in [5.41, 5.74) is 0.628. The molecule has 166 valence electrons. The smallest absolute Gasteiger partial charge is 0.303 e. The second-order valence-corrected chi connectivity index (χ2v) is 6.93. The highest BCUT2D eigenvalue weighted by atomic mass is 16.5. The van der Waals surface area contributed by atoms with Crippen LogP contribution in [0.15, 0.2) is 78.6 Å². The molecular formula is C24H24N2O6. The summed E-state index contributed by atoms with van der Waals surface area (Å²) in [5.74, 6) is 0.759. The van der Waals surface area contributed by atoms with Crippen molar-refractivity contribution in [3.63, 3.8) is 0 Å².